The van der Waals surface area contributed by atoms with Crippen LogP contribution in [0.15, 0.2) is 54.6 Å². The molecule has 1 N–H and O–H groups in total. The Balaban J connectivity index is 1.53. The normalized spacial score (nSPS) is 21.8. The Morgan fingerprint density at radius 2 is 1.52 bits per heavy atom. The number of rotatable bonds is 4. The Bertz CT molecular complexity index is 542. The van der Waals surface area contributed by atoms with Gasteiger partial charge in [-0.15, -0.1) is 0 Å². The predicted octanol–water partition coefficient (Wildman–Crippen LogP) is 4.83. The van der Waals surface area contributed by atoms with E-state index in [1.807, 2.05) is 12.1 Å². The lowest BCUT2D eigenvalue weighted by Crippen LogP contribution is -2.25. The maximum Gasteiger partial charge on any atom is 0.119 e. The molecule has 1 aliphatic rings. The lowest BCUT2D eigenvalue weighted by Gasteiger charge is -2.30. The number of ether oxygens (including phenoxy) is 1. The average Bonchev–Trinajstić information content (AvgIpc) is 2.57. The van der Waals surface area contributed by atoms with Crippen molar-refractivity contribution in [3.8, 4) is 5.75 Å². The van der Waals surface area contributed by atoms with Gasteiger partial charge in [0.05, 0.1) is 7.11 Å². The molecular formula is C19H23NO. The molecule has 1 aliphatic carbocycles. The largest absolute Gasteiger partial charge is 0.497 e. The Hall–Kier alpha value is -1.96. The second kappa shape index (κ2) is 6.66. The van der Waals surface area contributed by atoms with Crippen LogP contribution in [0.25, 0.3) is 0 Å². The van der Waals surface area contributed by atoms with Crippen LogP contribution in [-0.4, -0.2) is 13.2 Å². The second-order valence-corrected chi connectivity index (χ2v) is 5.83. The molecule has 0 atom stereocenters. The van der Waals surface area contributed by atoms with E-state index < -0.39 is 0 Å². The number of anilines is 1. The Labute approximate surface area is 127 Å². The zero-order chi connectivity index (χ0) is 14.5. The maximum absolute atomic E-state index is 5.19. The van der Waals surface area contributed by atoms with E-state index in [2.05, 4.69) is 47.8 Å². The molecule has 110 valence electrons. The second-order valence-electron chi connectivity index (χ2n) is 5.83. The third-order valence-electron chi connectivity index (χ3n) is 4.46. The van der Waals surface area contributed by atoms with Crippen molar-refractivity contribution in [2.24, 2.45) is 0 Å². The minimum absolute atomic E-state index is 0.596. The quantitative estimate of drug-likeness (QED) is 0.866. The summed E-state index contributed by atoms with van der Waals surface area (Å²) in [6.45, 7) is 0. The van der Waals surface area contributed by atoms with Gasteiger partial charge in [-0.2, -0.15) is 0 Å². The average molecular weight is 281 g/mol. The Morgan fingerprint density at radius 3 is 2.14 bits per heavy atom. The van der Waals surface area contributed by atoms with Gasteiger partial charge in [0, 0.05) is 11.7 Å². The van der Waals surface area contributed by atoms with Crippen molar-refractivity contribution in [3.63, 3.8) is 0 Å². The highest BCUT2D eigenvalue weighted by Crippen LogP contribution is 2.33. The first kappa shape index (κ1) is 14.0. The molecule has 3 rings (SSSR count). The Morgan fingerprint density at radius 1 is 0.857 bits per heavy atom. The van der Waals surface area contributed by atoms with Crippen molar-refractivity contribution in [2.75, 3.05) is 12.4 Å². The van der Waals surface area contributed by atoms with Crippen LogP contribution < -0.4 is 10.1 Å². The third kappa shape index (κ3) is 3.57. The number of nitrogens with one attached hydrogen (secondary N) is 1. The molecule has 0 spiro atoms. The first-order valence-corrected chi connectivity index (χ1v) is 7.80. The van der Waals surface area contributed by atoms with Crippen molar-refractivity contribution in [2.45, 2.75) is 37.6 Å². The highest BCUT2D eigenvalue weighted by Gasteiger charge is 2.21. The van der Waals surface area contributed by atoms with Crippen LogP contribution in [0.2, 0.25) is 0 Å². The first-order chi connectivity index (χ1) is 10.3. The zero-order valence-electron chi connectivity index (χ0n) is 12.6. The van der Waals surface area contributed by atoms with Gasteiger partial charge in [0.2, 0.25) is 0 Å². The monoisotopic (exact) mass is 281 g/mol. The van der Waals surface area contributed by atoms with E-state index in [9.17, 15) is 0 Å². The lowest BCUT2D eigenvalue weighted by atomic mass is 9.82. The summed E-state index contributed by atoms with van der Waals surface area (Å²) in [5.41, 5.74) is 2.69. The van der Waals surface area contributed by atoms with Crippen LogP contribution in [-0.2, 0) is 0 Å². The van der Waals surface area contributed by atoms with Gasteiger partial charge < -0.3 is 10.1 Å². The topological polar surface area (TPSA) is 21.3 Å². The van der Waals surface area contributed by atoms with E-state index in [0.29, 0.717) is 6.04 Å². The molecule has 0 heterocycles. The standard InChI is InChI=1S/C19H23NO/c1-21-19-13-11-18(12-14-19)20-17-9-7-16(8-10-17)15-5-3-2-4-6-15/h2-6,11-14,16-17,20H,7-10H2,1H3. The van der Waals surface area contributed by atoms with Crippen LogP contribution >= 0.6 is 0 Å². The zero-order valence-corrected chi connectivity index (χ0v) is 12.6. The predicted molar refractivity (Wildman–Crippen MR) is 88.1 cm³/mol. The van der Waals surface area contributed by atoms with Gasteiger partial charge in [0.15, 0.2) is 0 Å². The van der Waals surface area contributed by atoms with Crippen LogP contribution in [0.1, 0.15) is 37.2 Å². The van der Waals surface area contributed by atoms with Crippen molar-refractivity contribution in [1.29, 1.82) is 0 Å². The number of hydrogen-bond acceptors (Lipinski definition) is 2. The molecule has 0 bridgehead atoms. The van der Waals surface area contributed by atoms with Gasteiger partial charge in [0.25, 0.3) is 0 Å². The minimum atomic E-state index is 0.596. The fourth-order valence-electron chi connectivity index (χ4n) is 3.22. The molecule has 1 fully saturated rings. The smallest absolute Gasteiger partial charge is 0.119 e. The molecule has 0 aliphatic heterocycles. The van der Waals surface area contributed by atoms with Crippen molar-refractivity contribution in [1.82, 2.24) is 0 Å². The summed E-state index contributed by atoms with van der Waals surface area (Å²) < 4.78 is 5.19. The fraction of sp³-hybridized carbons (Fsp3) is 0.368. The molecule has 0 unspecified atom stereocenters. The molecule has 0 radical (unpaired) electrons. The van der Waals surface area contributed by atoms with Gasteiger partial charge in [-0.3, -0.25) is 0 Å². The highest BCUT2D eigenvalue weighted by atomic mass is 16.5. The van der Waals surface area contributed by atoms with Crippen LogP contribution in [0.5, 0.6) is 5.75 Å². The van der Waals surface area contributed by atoms with E-state index in [-0.39, 0.29) is 0 Å². The number of methoxy groups -OCH3 is 1. The summed E-state index contributed by atoms with van der Waals surface area (Å²) in [5.74, 6) is 1.65. The van der Waals surface area contributed by atoms with Crippen LogP contribution in [0, 0.1) is 0 Å². The third-order valence-corrected chi connectivity index (χ3v) is 4.46. The van der Waals surface area contributed by atoms with Gasteiger partial charge in [-0.25, -0.2) is 0 Å². The van der Waals surface area contributed by atoms with Gasteiger partial charge in [-0.05, 0) is 61.4 Å². The summed E-state index contributed by atoms with van der Waals surface area (Å²) in [4.78, 5) is 0. The van der Waals surface area contributed by atoms with Gasteiger partial charge in [0.1, 0.15) is 5.75 Å². The molecule has 2 heteroatoms. The first-order valence-electron chi connectivity index (χ1n) is 7.80. The maximum atomic E-state index is 5.19. The molecular weight excluding hydrogens is 258 g/mol. The Kier molecular flexibility index (Phi) is 4.44. The van der Waals surface area contributed by atoms with E-state index >= 15 is 0 Å². The van der Waals surface area contributed by atoms with Crippen LogP contribution in [0.4, 0.5) is 5.69 Å². The van der Waals surface area contributed by atoms with E-state index in [4.69, 9.17) is 4.74 Å². The summed E-state index contributed by atoms with van der Waals surface area (Å²) >= 11 is 0. The van der Waals surface area contributed by atoms with Crippen molar-refractivity contribution in [3.05, 3.63) is 60.2 Å². The fourth-order valence-corrected chi connectivity index (χ4v) is 3.22. The molecule has 2 aromatic rings. The van der Waals surface area contributed by atoms with Crippen molar-refractivity contribution >= 4 is 5.69 Å². The molecule has 0 amide bonds. The van der Waals surface area contributed by atoms with E-state index in [0.717, 1.165) is 11.7 Å². The van der Waals surface area contributed by atoms with Crippen LogP contribution in [0.3, 0.4) is 0 Å². The molecule has 0 aromatic heterocycles. The lowest BCUT2D eigenvalue weighted by molar-refractivity contribution is 0.411. The van der Waals surface area contributed by atoms with Gasteiger partial charge in [-0.1, -0.05) is 30.3 Å². The summed E-state index contributed by atoms with van der Waals surface area (Å²) in [6, 6.07) is 19.7. The summed E-state index contributed by atoms with van der Waals surface area (Å²) in [6.07, 6.45) is 5.03. The molecule has 1 saturated carbocycles. The molecule has 2 aromatic carbocycles. The molecule has 21 heavy (non-hydrogen) atoms. The summed E-state index contributed by atoms with van der Waals surface area (Å²) in [5, 5.41) is 3.65. The SMILES string of the molecule is COc1ccc(NC2CCC(c3ccccc3)CC2)cc1. The molecule has 0 saturated heterocycles. The van der Waals surface area contributed by atoms with Gasteiger partial charge >= 0.3 is 0 Å². The molecule has 2 nitrogen and oxygen atoms in total. The van der Waals surface area contributed by atoms with E-state index in [1.165, 1.54) is 36.9 Å². The number of hydrogen-bond donors (Lipinski definition) is 1. The van der Waals surface area contributed by atoms with E-state index in [1.54, 1.807) is 7.11 Å². The summed E-state index contributed by atoms with van der Waals surface area (Å²) in [7, 11) is 1.70. The minimum Gasteiger partial charge on any atom is -0.497 e. The van der Waals surface area contributed by atoms with Crippen molar-refractivity contribution < 1.29 is 4.74 Å². The highest BCUT2D eigenvalue weighted by molar-refractivity contribution is 5.47. The number of benzene rings is 2.